The Kier molecular flexibility index (Phi) is 8.66. The molecule has 0 atom stereocenters. The van der Waals surface area contributed by atoms with Gasteiger partial charge >= 0.3 is 35.5 Å². The smallest absolute Gasteiger partial charge is 0.744 e. The summed E-state index contributed by atoms with van der Waals surface area (Å²) >= 11 is 0. The predicted molar refractivity (Wildman–Crippen MR) is 137 cm³/mol. The van der Waals surface area contributed by atoms with Gasteiger partial charge in [-0.25, -0.2) is 21.8 Å². The fraction of sp³-hybridized carbons (Fsp3) is 0.192. The first-order valence-electron chi connectivity index (χ1n) is 11.9. The van der Waals surface area contributed by atoms with E-state index in [1.54, 1.807) is 6.07 Å². The minimum absolute atomic E-state index is 0. The fourth-order valence-electron chi connectivity index (χ4n) is 4.61. The van der Waals surface area contributed by atoms with E-state index in [0.717, 1.165) is 41.9 Å². The van der Waals surface area contributed by atoms with Gasteiger partial charge in [0.1, 0.15) is 32.3 Å². The zero-order valence-corrected chi connectivity index (χ0v) is 24.9. The van der Waals surface area contributed by atoms with Gasteiger partial charge < -0.3 is 18.6 Å². The van der Waals surface area contributed by atoms with E-state index in [0.29, 0.717) is 23.9 Å². The second-order valence-corrected chi connectivity index (χ2v) is 11.7. The summed E-state index contributed by atoms with van der Waals surface area (Å²) in [5.41, 5.74) is 1.13. The molecule has 2 heterocycles. The molecule has 3 aromatic carbocycles. The minimum atomic E-state index is -5.06. The molecule has 0 aliphatic rings. The molecule has 0 aliphatic heterocycles. The normalized spacial score (nSPS) is 12.2. The van der Waals surface area contributed by atoms with Crippen molar-refractivity contribution in [2.24, 2.45) is 0 Å². The number of aliphatic carboxylic acids is 1. The van der Waals surface area contributed by atoms with Gasteiger partial charge in [0.15, 0.2) is 11.8 Å². The summed E-state index contributed by atoms with van der Waals surface area (Å²) in [7, 11) is -9.89. The number of aryl methyl sites for hydroxylation is 1. The van der Waals surface area contributed by atoms with Gasteiger partial charge in [0.2, 0.25) is 11.4 Å². The van der Waals surface area contributed by atoms with E-state index in [9.17, 15) is 30.7 Å². The van der Waals surface area contributed by atoms with E-state index >= 15 is 0 Å². The maximum Gasteiger partial charge on any atom is 1.00 e. The third kappa shape index (κ3) is 6.05. The predicted octanol–water partition coefficient (Wildman–Crippen LogP) is 0.546. The number of hydrogen-bond acceptors (Lipinski definition) is 9. The number of carboxylic acids is 1. The Hall–Kier alpha value is -2.91. The van der Waals surface area contributed by atoms with E-state index in [2.05, 4.69) is 4.98 Å². The number of para-hydroxylation sites is 1. The molecule has 0 aliphatic carbocycles. The van der Waals surface area contributed by atoms with Gasteiger partial charge in [-0.15, -0.1) is 0 Å². The molecule has 40 heavy (non-hydrogen) atoms. The summed E-state index contributed by atoms with van der Waals surface area (Å²) in [5, 5.41) is 9.90. The van der Waals surface area contributed by atoms with Crippen LogP contribution in [0.1, 0.15) is 25.7 Å². The van der Waals surface area contributed by atoms with Gasteiger partial charge in [-0.2, -0.15) is 4.57 Å². The van der Waals surface area contributed by atoms with Crippen molar-refractivity contribution >= 4 is 59.0 Å². The molecule has 0 unspecified atom stereocenters. The van der Waals surface area contributed by atoms with Crippen molar-refractivity contribution in [3.8, 4) is 11.5 Å². The third-order valence-corrected chi connectivity index (χ3v) is 8.09. The molecule has 2 aromatic heterocycles. The Morgan fingerprint density at radius 2 is 1.68 bits per heavy atom. The molecule has 0 bridgehead atoms. The number of unbranched alkanes of at least 4 members (excludes halogenated alkanes) is 2. The van der Waals surface area contributed by atoms with E-state index in [1.807, 2.05) is 35.0 Å². The fourth-order valence-corrected chi connectivity index (χ4v) is 5.75. The zero-order chi connectivity index (χ0) is 27.9. The van der Waals surface area contributed by atoms with E-state index in [4.69, 9.17) is 9.52 Å². The molecule has 0 radical (unpaired) electrons. The van der Waals surface area contributed by atoms with Crippen LogP contribution in [0.3, 0.4) is 0 Å². The molecule has 0 amide bonds. The van der Waals surface area contributed by atoms with Gasteiger partial charge in [-0.1, -0.05) is 18.2 Å². The summed E-state index contributed by atoms with van der Waals surface area (Å²) in [6.45, 7) is 0.641. The first kappa shape index (κ1) is 30.1. The number of benzene rings is 3. The average molecular weight is 593 g/mol. The summed E-state index contributed by atoms with van der Waals surface area (Å²) in [6.07, 6.45) is 4.03. The van der Waals surface area contributed by atoms with Crippen LogP contribution in [0.4, 0.5) is 0 Å². The number of pyridine rings is 1. The minimum Gasteiger partial charge on any atom is -0.744 e. The quantitative estimate of drug-likeness (QED) is 0.110. The van der Waals surface area contributed by atoms with Crippen molar-refractivity contribution in [1.82, 2.24) is 4.98 Å². The number of carbonyl (C=O) groups is 1. The summed E-state index contributed by atoms with van der Waals surface area (Å²) < 4.78 is 78.7. The first-order valence-corrected chi connectivity index (χ1v) is 14.7. The van der Waals surface area contributed by atoms with Gasteiger partial charge in [0.05, 0.1) is 20.7 Å². The molecular weight excluding hydrogens is 571 g/mol. The Balaban J connectivity index is 0.00000370. The van der Waals surface area contributed by atoms with Crippen LogP contribution in [0.5, 0.6) is 0 Å². The third-order valence-electron chi connectivity index (χ3n) is 6.42. The number of carboxylic acid groups (broad SMARTS) is 1. The van der Waals surface area contributed by atoms with Crippen LogP contribution in [0.2, 0.25) is 0 Å². The molecule has 14 heteroatoms. The maximum atomic E-state index is 12.1. The van der Waals surface area contributed by atoms with Crippen molar-refractivity contribution < 1.29 is 74.4 Å². The Bertz CT molecular complexity index is 1990. The molecule has 1 N–H and O–H groups in total. The Labute approximate surface area is 251 Å². The maximum absolute atomic E-state index is 12.1. The molecule has 202 valence electrons. The molecule has 0 saturated carbocycles. The van der Waals surface area contributed by atoms with E-state index in [1.165, 1.54) is 6.07 Å². The van der Waals surface area contributed by atoms with Crippen LogP contribution < -0.4 is 34.1 Å². The number of aromatic nitrogens is 2. The van der Waals surface area contributed by atoms with Gasteiger partial charge in [0.25, 0.3) is 0 Å². The molecule has 11 nitrogen and oxygen atoms in total. The SMILES string of the molecule is O=C(O)CCCCC[n+]1ccc(-c2nc3c(o2)c(S(=O)(=O)[O-])cc2cc(S(=O)(=O)[O-])ccc23)c2ccccc21.[Na+]. The molecule has 5 rings (SSSR count). The second kappa shape index (κ2) is 11.5. The molecular formula is C26H21N2NaO9S2. The van der Waals surface area contributed by atoms with Gasteiger partial charge in [0, 0.05) is 30.4 Å². The Morgan fingerprint density at radius 3 is 2.38 bits per heavy atom. The standard InChI is InChI=1S/C26H22N2O9S2.Na/c29-23(30)8-2-1-5-12-28-13-11-20(19-6-3-4-7-21(19)28)26-27-24-18-10-9-17(38(31,32)33)14-16(18)15-22(25(24)37-26)39(34,35)36;/h3-4,6-7,9-11,13-15H,1-2,5,8,12H2,(H2-,29,30,31,32,33,34,35,36);/q;+1/p-1. The van der Waals surface area contributed by atoms with Crippen molar-refractivity contribution in [2.75, 3.05) is 0 Å². The van der Waals surface area contributed by atoms with Gasteiger partial charge in [-0.05, 0) is 42.5 Å². The van der Waals surface area contributed by atoms with Crippen molar-refractivity contribution in [3.63, 3.8) is 0 Å². The number of fused-ring (bicyclic) bond motifs is 4. The number of rotatable bonds is 9. The molecule has 0 saturated heterocycles. The number of nitrogens with zero attached hydrogens (tertiary/aromatic N) is 2. The van der Waals surface area contributed by atoms with Crippen molar-refractivity contribution in [2.45, 2.75) is 42.0 Å². The van der Waals surface area contributed by atoms with Crippen LogP contribution in [0, 0.1) is 0 Å². The van der Waals surface area contributed by atoms with E-state index in [-0.39, 0.29) is 58.4 Å². The van der Waals surface area contributed by atoms with Crippen molar-refractivity contribution in [3.05, 3.63) is 60.8 Å². The first-order chi connectivity index (χ1) is 18.4. The molecule has 0 fully saturated rings. The monoisotopic (exact) mass is 592 g/mol. The van der Waals surface area contributed by atoms with Crippen molar-refractivity contribution in [1.29, 1.82) is 0 Å². The van der Waals surface area contributed by atoms with Crippen LogP contribution in [0.25, 0.3) is 44.2 Å². The van der Waals surface area contributed by atoms with Crippen LogP contribution in [-0.2, 0) is 31.6 Å². The van der Waals surface area contributed by atoms with Gasteiger partial charge in [-0.3, -0.25) is 4.79 Å². The number of hydrogen-bond donors (Lipinski definition) is 1. The molecule has 5 aromatic rings. The average Bonchev–Trinajstić information content (AvgIpc) is 3.31. The second-order valence-electron chi connectivity index (χ2n) is 9.01. The summed E-state index contributed by atoms with van der Waals surface area (Å²) in [6, 6.07) is 13.5. The zero-order valence-electron chi connectivity index (χ0n) is 21.2. The van der Waals surface area contributed by atoms with Crippen LogP contribution in [0.15, 0.2) is 75.0 Å². The van der Waals surface area contributed by atoms with E-state index < -0.39 is 36.0 Å². The number of oxazole rings is 1. The van der Waals surface area contributed by atoms with Crippen LogP contribution in [-0.4, -0.2) is 42.0 Å². The summed E-state index contributed by atoms with van der Waals surface area (Å²) in [5.74, 6) is -0.778. The molecule has 0 spiro atoms. The summed E-state index contributed by atoms with van der Waals surface area (Å²) in [4.78, 5) is 13.9. The topological polar surface area (TPSA) is 182 Å². The van der Waals surface area contributed by atoms with Crippen LogP contribution >= 0.6 is 0 Å². The Morgan fingerprint density at radius 1 is 0.925 bits per heavy atom. The largest absolute Gasteiger partial charge is 1.00 e.